The first-order valence-electron chi connectivity index (χ1n) is 7.57. The Labute approximate surface area is 144 Å². The molecule has 1 aliphatic heterocycles. The van der Waals surface area contributed by atoms with Crippen molar-refractivity contribution >= 4 is 34.8 Å². The topological polar surface area (TPSA) is 49.4 Å². The Kier molecular flexibility index (Phi) is 4.53. The van der Waals surface area contributed by atoms with Gasteiger partial charge in [0.15, 0.2) is 0 Å². The lowest BCUT2D eigenvalue weighted by Gasteiger charge is -2.17. The van der Waals surface area contributed by atoms with Crippen LogP contribution >= 0.6 is 11.6 Å². The van der Waals surface area contributed by atoms with E-state index in [1.807, 2.05) is 19.1 Å². The molecule has 0 spiro atoms. The molecule has 1 aliphatic rings. The van der Waals surface area contributed by atoms with E-state index < -0.39 is 5.92 Å². The summed E-state index contributed by atoms with van der Waals surface area (Å²) < 4.78 is 12.9. The normalized spacial score (nSPS) is 17.2. The molecule has 0 aromatic heterocycles. The fourth-order valence-corrected chi connectivity index (χ4v) is 2.83. The summed E-state index contributed by atoms with van der Waals surface area (Å²) in [5.74, 6) is -1.20. The summed E-state index contributed by atoms with van der Waals surface area (Å²) in [4.78, 5) is 26.1. The molecule has 0 aliphatic carbocycles. The Morgan fingerprint density at radius 2 is 1.96 bits per heavy atom. The third kappa shape index (κ3) is 3.41. The van der Waals surface area contributed by atoms with E-state index in [0.717, 1.165) is 5.56 Å². The maximum atomic E-state index is 12.9. The average Bonchev–Trinajstić information content (AvgIpc) is 2.94. The third-order valence-corrected chi connectivity index (χ3v) is 4.48. The molecule has 24 heavy (non-hydrogen) atoms. The van der Waals surface area contributed by atoms with Crippen molar-refractivity contribution < 1.29 is 14.0 Å². The number of anilines is 2. The second-order valence-electron chi connectivity index (χ2n) is 5.84. The maximum absolute atomic E-state index is 12.9. The molecule has 0 saturated carbocycles. The lowest BCUT2D eigenvalue weighted by atomic mass is 10.1. The Hall–Kier alpha value is -2.40. The van der Waals surface area contributed by atoms with Crippen LogP contribution in [0.25, 0.3) is 0 Å². The molecular weight excluding hydrogens is 331 g/mol. The van der Waals surface area contributed by atoms with E-state index in [1.54, 1.807) is 11.0 Å². The Balaban J connectivity index is 1.70. The number of hydrogen-bond donors (Lipinski definition) is 1. The van der Waals surface area contributed by atoms with Crippen molar-refractivity contribution in [3.63, 3.8) is 0 Å². The minimum atomic E-state index is -0.456. The number of nitrogens with zero attached hydrogens (tertiary/aromatic N) is 1. The molecule has 0 radical (unpaired) electrons. The van der Waals surface area contributed by atoms with E-state index in [-0.39, 0.29) is 24.1 Å². The summed E-state index contributed by atoms with van der Waals surface area (Å²) >= 11 is 6.11. The predicted octanol–water partition coefficient (Wildman–Crippen LogP) is 3.78. The van der Waals surface area contributed by atoms with Gasteiger partial charge in [-0.25, -0.2) is 4.39 Å². The third-order valence-electron chi connectivity index (χ3n) is 4.07. The minimum absolute atomic E-state index is 0.117. The zero-order valence-electron chi connectivity index (χ0n) is 13.1. The van der Waals surface area contributed by atoms with Gasteiger partial charge in [0.1, 0.15) is 5.82 Å². The summed E-state index contributed by atoms with van der Waals surface area (Å²) in [5.41, 5.74) is 2.12. The molecule has 1 heterocycles. The molecule has 2 aromatic carbocycles. The van der Waals surface area contributed by atoms with Gasteiger partial charge in [0.25, 0.3) is 0 Å². The van der Waals surface area contributed by atoms with Crippen molar-refractivity contribution in [2.24, 2.45) is 5.92 Å². The van der Waals surface area contributed by atoms with Crippen molar-refractivity contribution in [2.45, 2.75) is 13.3 Å². The van der Waals surface area contributed by atoms with Crippen LogP contribution in [-0.2, 0) is 9.59 Å². The van der Waals surface area contributed by atoms with Gasteiger partial charge >= 0.3 is 0 Å². The number of carbonyl (C=O) groups excluding carboxylic acids is 2. The second-order valence-corrected chi connectivity index (χ2v) is 6.24. The van der Waals surface area contributed by atoms with Crippen LogP contribution in [0.4, 0.5) is 15.8 Å². The van der Waals surface area contributed by atoms with Crippen LogP contribution in [0.15, 0.2) is 42.5 Å². The highest BCUT2D eigenvalue weighted by molar-refractivity contribution is 6.31. The molecule has 2 amide bonds. The number of halogens is 2. The van der Waals surface area contributed by atoms with Gasteiger partial charge in [0.2, 0.25) is 11.8 Å². The maximum Gasteiger partial charge on any atom is 0.229 e. The second kappa shape index (κ2) is 6.61. The van der Waals surface area contributed by atoms with Crippen LogP contribution in [-0.4, -0.2) is 18.4 Å². The molecule has 1 fully saturated rings. The van der Waals surface area contributed by atoms with Crippen LogP contribution in [0.1, 0.15) is 12.0 Å². The molecule has 1 N–H and O–H groups in total. The van der Waals surface area contributed by atoms with E-state index in [2.05, 4.69) is 5.32 Å². The molecule has 1 saturated heterocycles. The van der Waals surface area contributed by atoms with Gasteiger partial charge in [-0.2, -0.15) is 0 Å². The Bertz CT molecular complexity index is 792. The quantitative estimate of drug-likeness (QED) is 0.919. The number of rotatable bonds is 3. The first-order chi connectivity index (χ1) is 11.4. The summed E-state index contributed by atoms with van der Waals surface area (Å²) in [6.07, 6.45) is 0.137. The highest BCUT2D eigenvalue weighted by Crippen LogP contribution is 2.29. The molecule has 3 rings (SSSR count). The zero-order valence-corrected chi connectivity index (χ0v) is 13.8. The molecular formula is C18H16ClFN2O2. The van der Waals surface area contributed by atoms with Gasteiger partial charge < -0.3 is 10.2 Å². The molecule has 4 nitrogen and oxygen atoms in total. The number of nitrogens with one attached hydrogen (secondary N) is 1. The first kappa shape index (κ1) is 16.5. The van der Waals surface area contributed by atoms with E-state index >= 15 is 0 Å². The average molecular weight is 347 g/mol. The minimum Gasteiger partial charge on any atom is -0.326 e. The van der Waals surface area contributed by atoms with E-state index in [4.69, 9.17) is 11.6 Å². The predicted molar refractivity (Wildman–Crippen MR) is 91.7 cm³/mol. The number of carbonyl (C=O) groups is 2. The van der Waals surface area contributed by atoms with Crippen LogP contribution < -0.4 is 10.2 Å². The van der Waals surface area contributed by atoms with Crippen molar-refractivity contribution in [3.8, 4) is 0 Å². The van der Waals surface area contributed by atoms with Gasteiger partial charge in [-0.15, -0.1) is 0 Å². The standard InChI is InChI=1S/C18H16ClFN2O2/c1-11-2-7-15(9-16(11)19)22-10-12(8-17(22)23)18(24)21-14-5-3-13(20)4-6-14/h2-7,9,12H,8,10H2,1H3,(H,21,24)/t12-/m0/s1. The van der Waals surface area contributed by atoms with Gasteiger partial charge in [-0.05, 0) is 48.9 Å². The number of benzene rings is 2. The van der Waals surface area contributed by atoms with E-state index in [0.29, 0.717) is 22.9 Å². The Morgan fingerprint density at radius 3 is 2.62 bits per heavy atom. The number of amides is 2. The van der Waals surface area contributed by atoms with Crippen LogP contribution in [0, 0.1) is 18.7 Å². The van der Waals surface area contributed by atoms with Crippen molar-refractivity contribution in [2.75, 3.05) is 16.8 Å². The highest BCUT2D eigenvalue weighted by Gasteiger charge is 2.35. The lowest BCUT2D eigenvalue weighted by molar-refractivity contribution is -0.122. The molecule has 6 heteroatoms. The molecule has 1 atom stereocenters. The fourth-order valence-electron chi connectivity index (χ4n) is 2.66. The van der Waals surface area contributed by atoms with E-state index in [1.165, 1.54) is 24.3 Å². The van der Waals surface area contributed by atoms with Crippen LogP contribution in [0.3, 0.4) is 0 Å². The van der Waals surface area contributed by atoms with Crippen molar-refractivity contribution in [1.82, 2.24) is 0 Å². The smallest absolute Gasteiger partial charge is 0.229 e. The number of aryl methyl sites for hydroxylation is 1. The summed E-state index contributed by atoms with van der Waals surface area (Å²) in [5, 5.41) is 3.30. The van der Waals surface area contributed by atoms with Crippen molar-refractivity contribution in [1.29, 1.82) is 0 Å². The van der Waals surface area contributed by atoms with Gasteiger partial charge in [-0.3, -0.25) is 9.59 Å². The number of hydrogen-bond acceptors (Lipinski definition) is 2. The van der Waals surface area contributed by atoms with Gasteiger partial charge in [-0.1, -0.05) is 17.7 Å². The largest absolute Gasteiger partial charge is 0.326 e. The monoisotopic (exact) mass is 346 g/mol. The van der Waals surface area contributed by atoms with E-state index in [9.17, 15) is 14.0 Å². The summed E-state index contributed by atoms with van der Waals surface area (Å²) in [7, 11) is 0. The van der Waals surface area contributed by atoms with Gasteiger partial charge in [0, 0.05) is 29.4 Å². The molecule has 2 aromatic rings. The summed E-state index contributed by atoms with van der Waals surface area (Å²) in [6.45, 7) is 2.18. The zero-order chi connectivity index (χ0) is 17.3. The highest BCUT2D eigenvalue weighted by atomic mass is 35.5. The molecule has 0 unspecified atom stereocenters. The van der Waals surface area contributed by atoms with Crippen LogP contribution in [0.2, 0.25) is 5.02 Å². The molecule has 0 bridgehead atoms. The molecule has 124 valence electrons. The first-order valence-corrected chi connectivity index (χ1v) is 7.95. The van der Waals surface area contributed by atoms with Crippen LogP contribution in [0.5, 0.6) is 0 Å². The van der Waals surface area contributed by atoms with Crippen molar-refractivity contribution in [3.05, 3.63) is 58.9 Å². The SMILES string of the molecule is Cc1ccc(N2C[C@@H](C(=O)Nc3ccc(F)cc3)CC2=O)cc1Cl. The summed E-state index contributed by atoms with van der Waals surface area (Å²) in [6, 6.07) is 10.9. The fraction of sp³-hybridized carbons (Fsp3) is 0.222. The lowest BCUT2D eigenvalue weighted by Crippen LogP contribution is -2.28. The Morgan fingerprint density at radius 1 is 1.25 bits per heavy atom. The van der Waals surface area contributed by atoms with Gasteiger partial charge in [0.05, 0.1) is 5.92 Å².